The van der Waals surface area contributed by atoms with Gasteiger partial charge >= 0.3 is 12.1 Å². The molecule has 0 radical (unpaired) electrons. The molecular formula is C14H18N4O5. The average molecular weight is 322 g/mol. The Morgan fingerprint density at radius 3 is 2.43 bits per heavy atom. The van der Waals surface area contributed by atoms with Crippen molar-refractivity contribution in [3.63, 3.8) is 0 Å². The van der Waals surface area contributed by atoms with E-state index in [9.17, 15) is 14.4 Å². The molecule has 0 aliphatic rings. The molecule has 2 N–H and O–H groups in total. The van der Waals surface area contributed by atoms with Gasteiger partial charge in [0.15, 0.2) is 5.65 Å². The molecule has 0 aliphatic heterocycles. The third-order valence-corrected chi connectivity index (χ3v) is 3.06. The van der Waals surface area contributed by atoms with Gasteiger partial charge in [-0.3, -0.25) is 9.36 Å². The van der Waals surface area contributed by atoms with Crippen LogP contribution in [0.25, 0.3) is 11.0 Å². The number of ether oxygens (including phenoxy) is 2. The Balaban J connectivity index is 2.79. The van der Waals surface area contributed by atoms with E-state index in [1.54, 1.807) is 20.8 Å². The maximum absolute atomic E-state index is 12.4. The van der Waals surface area contributed by atoms with Crippen LogP contribution in [0, 0.1) is 0 Å². The lowest BCUT2D eigenvalue weighted by Gasteiger charge is -2.19. The molecule has 0 fully saturated rings. The number of carbonyl (C=O) groups is 2. The molecule has 0 atom stereocenters. The first-order valence-corrected chi connectivity index (χ1v) is 6.76. The first-order valence-electron chi connectivity index (χ1n) is 6.76. The molecular weight excluding hydrogens is 304 g/mol. The van der Waals surface area contributed by atoms with Crippen LogP contribution in [0.4, 0.5) is 10.7 Å². The van der Waals surface area contributed by atoms with Crippen LogP contribution in [0.2, 0.25) is 0 Å². The molecule has 0 saturated heterocycles. The number of fused-ring (bicyclic) bond motifs is 1. The van der Waals surface area contributed by atoms with Gasteiger partial charge in [0.05, 0.1) is 18.1 Å². The summed E-state index contributed by atoms with van der Waals surface area (Å²) in [5, 5.41) is -0.0561. The van der Waals surface area contributed by atoms with Crippen molar-refractivity contribution in [3.8, 4) is 0 Å². The fourth-order valence-corrected chi connectivity index (χ4v) is 1.99. The maximum atomic E-state index is 12.4. The molecule has 0 aliphatic carbocycles. The number of nitrogen functional groups attached to an aromatic ring is 1. The van der Waals surface area contributed by atoms with Crippen LogP contribution >= 0.6 is 0 Å². The highest BCUT2D eigenvalue weighted by atomic mass is 16.6. The lowest BCUT2D eigenvalue weighted by Crippen LogP contribution is -2.27. The second-order valence-electron chi connectivity index (χ2n) is 5.92. The summed E-state index contributed by atoms with van der Waals surface area (Å²) in [5.74, 6) is -0.859. The summed E-state index contributed by atoms with van der Waals surface area (Å²) in [6.07, 6.45) is 0.385. The standard InChI is InChI=1S/C14H18N4O5/c1-14(2,3)23-13(21)18-6-7(11(20)22-5)8-9(18)16-12(15)17(4)10(8)19/h6H,1-5H3,(H2,15,16). The van der Waals surface area contributed by atoms with Crippen molar-refractivity contribution in [1.82, 2.24) is 14.1 Å². The second-order valence-corrected chi connectivity index (χ2v) is 5.92. The molecule has 124 valence electrons. The zero-order valence-corrected chi connectivity index (χ0v) is 13.5. The van der Waals surface area contributed by atoms with Crippen molar-refractivity contribution >= 4 is 29.0 Å². The van der Waals surface area contributed by atoms with Gasteiger partial charge < -0.3 is 15.2 Å². The van der Waals surface area contributed by atoms with E-state index in [0.29, 0.717) is 0 Å². The number of nitrogens with zero attached hydrogens (tertiary/aromatic N) is 3. The number of nitrogens with two attached hydrogens (primary N) is 1. The monoisotopic (exact) mass is 322 g/mol. The first-order chi connectivity index (χ1) is 10.6. The molecule has 9 heteroatoms. The molecule has 2 aromatic heterocycles. The van der Waals surface area contributed by atoms with Gasteiger partial charge in [0.25, 0.3) is 5.56 Å². The van der Waals surface area contributed by atoms with Crippen LogP contribution in [0.1, 0.15) is 31.1 Å². The summed E-state index contributed by atoms with van der Waals surface area (Å²) in [5.41, 5.74) is 4.21. The van der Waals surface area contributed by atoms with Crippen LogP contribution in [0.15, 0.2) is 11.0 Å². The Labute approximate surface area is 131 Å². The zero-order valence-electron chi connectivity index (χ0n) is 13.5. The highest BCUT2D eigenvalue weighted by Gasteiger charge is 2.26. The molecule has 0 aromatic carbocycles. The first kappa shape index (κ1) is 16.5. The van der Waals surface area contributed by atoms with Crippen LogP contribution < -0.4 is 11.3 Å². The van der Waals surface area contributed by atoms with Gasteiger partial charge in [-0.1, -0.05) is 0 Å². The van der Waals surface area contributed by atoms with Crippen molar-refractivity contribution in [3.05, 3.63) is 22.1 Å². The minimum absolute atomic E-state index is 0.0553. The van der Waals surface area contributed by atoms with Crippen LogP contribution in [-0.2, 0) is 16.5 Å². The number of rotatable bonds is 1. The smallest absolute Gasteiger partial charge is 0.420 e. The Hall–Kier alpha value is -2.84. The highest BCUT2D eigenvalue weighted by molar-refractivity contribution is 6.05. The van der Waals surface area contributed by atoms with Gasteiger partial charge in [-0.15, -0.1) is 0 Å². The molecule has 0 spiro atoms. The normalized spacial score (nSPS) is 11.5. The van der Waals surface area contributed by atoms with E-state index in [-0.39, 0.29) is 22.5 Å². The third-order valence-electron chi connectivity index (χ3n) is 3.06. The minimum atomic E-state index is -0.780. The Morgan fingerprint density at radius 1 is 1.30 bits per heavy atom. The minimum Gasteiger partial charge on any atom is -0.465 e. The predicted octanol–water partition coefficient (Wildman–Crippen LogP) is 0.887. The second kappa shape index (κ2) is 5.41. The van der Waals surface area contributed by atoms with Gasteiger partial charge in [-0.2, -0.15) is 4.98 Å². The van der Waals surface area contributed by atoms with Gasteiger partial charge in [0.1, 0.15) is 5.60 Å². The number of carbonyl (C=O) groups excluding carboxylic acids is 2. The summed E-state index contributed by atoms with van der Waals surface area (Å²) in [7, 11) is 2.59. The molecule has 0 bridgehead atoms. The zero-order chi connectivity index (χ0) is 17.5. The van der Waals surface area contributed by atoms with E-state index in [1.807, 2.05) is 0 Å². The van der Waals surface area contributed by atoms with E-state index >= 15 is 0 Å². The average Bonchev–Trinajstić information content (AvgIpc) is 2.81. The highest BCUT2D eigenvalue weighted by Crippen LogP contribution is 2.20. The number of methoxy groups -OCH3 is 1. The summed E-state index contributed by atoms with van der Waals surface area (Å²) in [6.45, 7) is 5.08. The predicted molar refractivity (Wildman–Crippen MR) is 82.4 cm³/mol. The number of hydrogen-bond donors (Lipinski definition) is 1. The van der Waals surface area contributed by atoms with E-state index in [0.717, 1.165) is 9.13 Å². The van der Waals surface area contributed by atoms with Crippen molar-refractivity contribution in [2.75, 3.05) is 12.8 Å². The molecule has 2 rings (SSSR count). The van der Waals surface area contributed by atoms with Crippen LogP contribution in [0.5, 0.6) is 0 Å². The molecule has 2 heterocycles. The molecule has 2 aromatic rings. The van der Waals surface area contributed by atoms with Crippen LogP contribution in [-0.4, -0.2) is 38.9 Å². The van der Waals surface area contributed by atoms with Crippen molar-refractivity contribution in [2.24, 2.45) is 7.05 Å². The topological polar surface area (TPSA) is 118 Å². The van der Waals surface area contributed by atoms with Crippen molar-refractivity contribution in [1.29, 1.82) is 0 Å². The van der Waals surface area contributed by atoms with E-state index in [4.69, 9.17) is 10.5 Å². The summed E-state index contributed by atoms with van der Waals surface area (Å²) < 4.78 is 12.0. The largest absolute Gasteiger partial charge is 0.465 e. The van der Waals surface area contributed by atoms with Crippen molar-refractivity contribution < 1.29 is 19.1 Å². The number of esters is 1. The Morgan fingerprint density at radius 2 is 1.91 bits per heavy atom. The van der Waals surface area contributed by atoms with Gasteiger partial charge in [-0.25, -0.2) is 14.2 Å². The molecule has 23 heavy (non-hydrogen) atoms. The van der Waals surface area contributed by atoms with Crippen molar-refractivity contribution in [2.45, 2.75) is 26.4 Å². The lowest BCUT2D eigenvalue weighted by molar-refractivity contribution is 0.0543. The van der Waals surface area contributed by atoms with Gasteiger partial charge in [-0.05, 0) is 20.8 Å². The van der Waals surface area contributed by atoms with Gasteiger partial charge in [0.2, 0.25) is 5.95 Å². The molecule has 9 nitrogen and oxygen atoms in total. The fourth-order valence-electron chi connectivity index (χ4n) is 1.99. The molecule has 0 amide bonds. The summed E-state index contributed by atoms with van der Waals surface area (Å²) in [4.78, 5) is 40.6. The number of hydrogen-bond acceptors (Lipinski definition) is 7. The van der Waals surface area contributed by atoms with Crippen LogP contribution in [0.3, 0.4) is 0 Å². The lowest BCUT2D eigenvalue weighted by atomic mass is 10.2. The quantitative estimate of drug-likeness (QED) is 0.774. The Kier molecular flexibility index (Phi) is 3.89. The fraction of sp³-hybridized carbons (Fsp3) is 0.429. The molecule has 0 saturated carbocycles. The maximum Gasteiger partial charge on any atom is 0.420 e. The SMILES string of the molecule is COC(=O)c1cn(C(=O)OC(C)(C)C)c2nc(N)n(C)c(=O)c12. The van der Waals surface area contributed by atoms with E-state index in [2.05, 4.69) is 9.72 Å². The van der Waals surface area contributed by atoms with E-state index < -0.39 is 23.2 Å². The summed E-state index contributed by atoms with van der Waals surface area (Å²) in [6, 6.07) is 0. The van der Waals surface area contributed by atoms with Gasteiger partial charge in [0, 0.05) is 13.2 Å². The van der Waals surface area contributed by atoms with E-state index in [1.165, 1.54) is 20.4 Å². The molecule has 0 unspecified atom stereocenters. The third kappa shape index (κ3) is 2.89. The summed E-state index contributed by atoms with van der Waals surface area (Å²) >= 11 is 0. The number of anilines is 1. The number of aromatic nitrogens is 3. The Bertz CT molecular complexity index is 857.